The third-order valence-corrected chi connectivity index (χ3v) is 3.40. The third kappa shape index (κ3) is 2.28. The molecule has 1 saturated carbocycles. The van der Waals surface area contributed by atoms with E-state index in [9.17, 15) is 14.9 Å². The Balaban J connectivity index is 2.25. The zero-order valence-corrected chi connectivity index (χ0v) is 10.7. The summed E-state index contributed by atoms with van der Waals surface area (Å²) in [6.07, 6.45) is 2.15. The monoisotopic (exact) mass is 269 g/mol. The van der Waals surface area contributed by atoms with Gasteiger partial charge in [0.05, 0.1) is 4.92 Å². The second-order valence-corrected chi connectivity index (χ2v) is 5.33. The summed E-state index contributed by atoms with van der Waals surface area (Å²) < 4.78 is 0. The van der Waals surface area contributed by atoms with Crippen LogP contribution in [0.25, 0.3) is 0 Å². The molecule has 1 aromatic rings. The Labute approximate surface area is 109 Å². The molecular formula is C11H12ClN3O3. The van der Waals surface area contributed by atoms with Crippen molar-refractivity contribution in [3.05, 3.63) is 33.1 Å². The van der Waals surface area contributed by atoms with Gasteiger partial charge in [0.2, 0.25) is 5.15 Å². The van der Waals surface area contributed by atoms with Crippen molar-refractivity contribution in [2.24, 2.45) is 5.41 Å². The van der Waals surface area contributed by atoms with Crippen LogP contribution in [0.5, 0.6) is 0 Å². The highest BCUT2D eigenvalue weighted by Crippen LogP contribution is 2.44. The van der Waals surface area contributed by atoms with Crippen LogP contribution in [0.15, 0.2) is 12.3 Å². The Morgan fingerprint density at radius 1 is 1.67 bits per heavy atom. The lowest BCUT2D eigenvalue weighted by Gasteiger charge is -2.07. The Hall–Kier alpha value is -1.69. The fourth-order valence-electron chi connectivity index (χ4n) is 1.73. The molecule has 6 nitrogen and oxygen atoms in total. The number of rotatable bonds is 3. The van der Waals surface area contributed by atoms with Crippen LogP contribution in [0.2, 0.25) is 5.15 Å². The molecule has 7 heteroatoms. The number of amides is 1. The molecule has 18 heavy (non-hydrogen) atoms. The van der Waals surface area contributed by atoms with E-state index in [1.807, 2.05) is 13.8 Å². The van der Waals surface area contributed by atoms with Crippen molar-refractivity contribution in [1.29, 1.82) is 0 Å². The number of carbonyl (C=O) groups excluding carboxylic acids is 1. The molecule has 0 aliphatic heterocycles. The van der Waals surface area contributed by atoms with Gasteiger partial charge in [-0.25, -0.2) is 4.98 Å². The minimum absolute atomic E-state index is 0.0524. The summed E-state index contributed by atoms with van der Waals surface area (Å²) >= 11 is 5.64. The van der Waals surface area contributed by atoms with Gasteiger partial charge < -0.3 is 5.32 Å². The lowest BCUT2D eigenvalue weighted by Crippen LogP contribution is -2.29. The largest absolute Gasteiger partial charge is 0.349 e. The van der Waals surface area contributed by atoms with Gasteiger partial charge in [0.25, 0.3) is 5.91 Å². The summed E-state index contributed by atoms with van der Waals surface area (Å²) in [7, 11) is 0. The number of pyridine rings is 1. The van der Waals surface area contributed by atoms with Crippen LogP contribution in [-0.4, -0.2) is 21.9 Å². The minimum atomic E-state index is -0.692. The van der Waals surface area contributed by atoms with Crippen molar-refractivity contribution in [3.63, 3.8) is 0 Å². The summed E-state index contributed by atoms with van der Waals surface area (Å²) in [6.45, 7) is 4.04. The van der Waals surface area contributed by atoms with Crippen LogP contribution in [0.4, 0.5) is 5.69 Å². The van der Waals surface area contributed by atoms with Crippen LogP contribution < -0.4 is 5.32 Å². The molecule has 0 bridgehead atoms. The Bertz CT molecular complexity index is 530. The zero-order chi connectivity index (χ0) is 13.5. The van der Waals surface area contributed by atoms with Crippen molar-refractivity contribution in [3.8, 4) is 0 Å². The fraction of sp³-hybridized carbons (Fsp3) is 0.455. The normalized spacial score (nSPS) is 20.3. The average Bonchev–Trinajstić information content (AvgIpc) is 2.84. The SMILES string of the molecule is CC1(C)CC1NC(=O)c1ccnc(Cl)c1[N+](=O)[O-]. The van der Waals surface area contributed by atoms with Crippen LogP contribution in [0.3, 0.4) is 0 Å². The molecule has 0 radical (unpaired) electrons. The average molecular weight is 270 g/mol. The van der Waals surface area contributed by atoms with Gasteiger partial charge in [-0.2, -0.15) is 0 Å². The number of hydrogen-bond acceptors (Lipinski definition) is 4. The first-order chi connectivity index (χ1) is 8.33. The first-order valence-corrected chi connectivity index (χ1v) is 5.80. The Morgan fingerprint density at radius 2 is 2.28 bits per heavy atom. The topological polar surface area (TPSA) is 85.1 Å². The summed E-state index contributed by atoms with van der Waals surface area (Å²) in [5.74, 6) is -0.485. The van der Waals surface area contributed by atoms with E-state index in [1.54, 1.807) is 0 Å². The van der Waals surface area contributed by atoms with E-state index >= 15 is 0 Å². The maximum atomic E-state index is 12.0. The van der Waals surface area contributed by atoms with Gasteiger partial charge in [0.1, 0.15) is 5.56 Å². The molecule has 96 valence electrons. The van der Waals surface area contributed by atoms with Crippen molar-refractivity contribution in [1.82, 2.24) is 10.3 Å². The number of aromatic nitrogens is 1. The third-order valence-electron chi connectivity index (χ3n) is 3.13. The number of hydrogen-bond donors (Lipinski definition) is 1. The van der Waals surface area contributed by atoms with Gasteiger partial charge in [-0.15, -0.1) is 0 Å². The number of carbonyl (C=O) groups is 1. The van der Waals surface area contributed by atoms with Gasteiger partial charge in [-0.05, 0) is 17.9 Å². The molecule has 1 unspecified atom stereocenters. The fourth-order valence-corrected chi connectivity index (χ4v) is 1.96. The van der Waals surface area contributed by atoms with Crippen molar-refractivity contribution in [2.45, 2.75) is 26.3 Å². The summed E-state index contributed by atoms with van der Waals surface area (Å²) in [5.41, 5.74) is -0.445. The molecule has 1 heterocycles. The summed E-state index contributed by atoms with van der Waals surface area (Å²) in [5, 5.41) is 13.4. The quantitative estimate of drug-likeness (QED) is 0.518. The van der Waals surface area contributed by atoms with Gasteiger partial charge in [0.15, 0.2) is 0 Å². The maximum absolute atomic E-state index is 12.0. The Kier molecular flexibility index (Phi) is 2.98. The van der Waals surface area contributed by atoms with E-state index in [0.717, 1.165) is 6.42 Å². The van der Waals surface area contributed by atoms with Crippen LogP contribution >= 0.6 is 11.6 Å². The molecule has 0 spiro atoms. The smallest absolute Gasteiger partial charge is 0.319 e. The number of nitrogens with zero attached hydrogens (tertiary/aromatic N) is 2. The molecule has 1 fully saturated rings. The lowest BCUT2D eigenvalue weighted by molar-refractivity contribution is -0.385. The molecule has 0 aromatic carbocycles. The van der Waals surface area contributed by atoms with Crippen molar-refractivity contribution >= 4 is 23.2 Å². The lowest BCUT2D eigenvalue weighted by atomic mass is 10.1. The Morgan fingerprint density at radius 3 is 2.78 bits per heavy atom. The van der Waals surface area contributed by atoms with E-state index in [-0.39, 0.29) is 22.2 Å². The first kappa shape index (κ1) is 12.8. The van der Waals surface area contributed by atoms with Crippen LogP contribution in [-0.2, 0) is 0 Å². The van der Waals surface area contributed by atoms with Gasteiger partial charge in [0, 0.05) is 12.2 Å². The number of nitrogens with one attached hydrogen (secondary N) is 1. The van der Waals surface area contributed by atoms with E-state index in [4.69, 9.17) is 11.6 Å². The minimum Gasteiger partial charge on any atom is -0.349 e. The van der Waals surface area contributed by atoms with Crippen molar-refractivity contribution < 1.29 is 9.72 Å². The summed E-state index contributed by atoms with van der Waals surface area (Å²) in [4.78, 5) is 25.8. The molecule has 1 aromatic heterocycles. The molecule has 1 aliphatic carbocycles. The van der Waals surface area contributed by atoms with Crippen molar-refractivity contribution in [2.75, 3.05) is 0 Å². The van der Waals surface area contributed by atoms with E-state index in [1.165, 1.54) is 12.3 Å². The molecule has 1 amide bonds. The van der Waals surface area contributed by atoms with Crippen LogP contribution in [0, 0.1) is 15.5 Å². The van der Waals surface area contributed by atoms with E-state index < -0.39 is 16.5 Å². The standard InChI is InChI=1S/C11H12ClN3O3/c1-11(2)5-7(11)14-10(16)6-3-4-13-9(12)8(6)15(17)18/h3-4,7H,5H2,1-2H3,(H,14,16). The molecule has 1 N–H and O–H groups in total. The first-order valence-electron chi connectivity index (χ1n) is 5.42. The number of nitro groups is 1. The highest BCUT2D eigenvalue weighted by molar-refractivity contribution is 6.32. The second kappa shape index (κ2) is 4.20. The van der Waals surface area contributed by atoms with Crippen LogP contribution in [0.1, 0.15) is 30.6 Å². The maximum Gasteiger partial charge on any atom is 0.319 e. The summed E-state index contributed by atoms with van der Waals surface area (Å²) in [6, 6.07) is 1.35. The van der Waals surface area contributed by atoms with E-state index in [2.05, 4.69) is 10.3 Å². The van der Waals surface area contributed by atoms with Gasteiger partial charge in [-0.1, -0.05) is 25.4 Å². The van der Waals surface area contributed by atoms with Gasteiger partial charge >= 0.3 is 5.69 Å². The molecule has 2 rings (SSSR count). The predicted octanol–water partition coefficient (Wildman–Crippen LogP) is 2.17. The molecule has 1 aliphatic rings. The highest BCUT2D eigenvalue weighted by Gasteiger charge is 2.47. The molecular weight excluding hydrogens is 258 g/mol. The second-order valence-electron chi connectivity index (χ2n) is 4.97. The predicted molar refractivity (Wildman–Crippen MR) is 65.6 cm³/mol. The zero-order valence-electron chi connectivity index (χ0n) is 9.94. The molecule has 1 atom stereocenters. The van der Waals surface area contributed by atoms with Gasteiger partial charge in [-0.3, -0.25) is 14.9 Å². The molecule has 0 saturated heterocycles. The highest BCUT2D eigenvalue weighted by atomic mass is 35.5. The van der Waals surface area contributed by atoms with E-state index in [0.29, 0.717) is 0 Å². The number of halogens is 1.